The maximum Gasteiger partial charge on any atom is 0.256 e. The number of fused-ring (bicyclic) bond motifs is 1. The molecule has 0 spiro atoms. The van der Waals surface area contributed by atoms with Crippen molar-refractivity contribution in [2.75, 3.05) is 33.3 Å². The van der Waals surface area contributed by atoms with Crippen LogP contribution >= 0.6 is 0 Å². The van der Waals surface area contributed by atoms with Crippen molar-refractivity contribution in [2.45, 2.75) is 0 Å². The van der Waals surface area contributed by atoms with E-state index < -0.39 is 0 Å². The molecule has 0 bridgehead atoms. The quantitative estimate of drug-likeness (QED) is 0.859. The van der Waals surface area contributed by atoms with Crippen LogP contribution < -0.4 is 4.74 Å². The van der Waals surface area contributed by atoms with Gasteiger partial charge in [0.25, 0.3) is 5.91 Å². The largest absolute Gasteiger partial charge is 0.497 e. The van der Waals surface area contributed by atoms with E-state index in [-0.39, 0.29) is 5.91 Å². The van der Waals surface area contributed by atoms with Crippen LogP contribution in [0, 0.1) is 0 Å². The summed E-state index contributed by atoms with van der Waals surface area (Å²) in [5, 5.41) is 0.888. The van der Waals surface area contributed by atoms with Crippen molar-refractivity contribution < 1.29 is 14.3 Å². The lowest BCUT2D eigenvalue weighted by Gasteiger charge is -2.32. The Balaban J connectivity index is 1.83. The highest BCUT2D eigenvalue weighted by Crippen LogP contribution is 2.24. The van der Waals surface area contributed by atoms with E-state index in [1.165, 1.54) is 0 Å². The first-order valence-corrected chi connectivity index (χ1v) is 6.86. The van der Waals surface area contributed by atoms with Crippen LogP contribution in [0.25, 0.3) is 10.9 Å². The molecule has 2 heterocycles. The molecule has 1 N–H and O–H groups in total. The highest BCUT2D eigenvalue weighted by Gasteiger charge is 2.23. The number of aromatic nitrogens is 1. The number of rotatable bonds is 3. The fourth-order valence-electron chi connectivity index (χ4n) is 2.61. The summed E-state index contributed by atoms with van der Waals surface area (Å²) >= 11 is 0. The molecule has 6 nitrogen and oxygen atoms in total. The Bertz CT molecular complexity index is 672. The maximum atomic E-state index is 12.6. The van der Waals surface area contributed by atoms with Gasteiger partial charge in [-0.1, -0.05) is 0 Å². The number of methoxy groups -OCH3 is 1. The van der Waals surface area contributed by atoms with E-state index in [0.29, 0.717) is 31.7 Å². The van der Waals surface area contributed by atoms with Gasteiger partial charge in [0, 0.05) is 49.3 Å². The van der Waals surface area contributed by atoms with E-state index in [9.17, 15) is 9.59 Å². The Morgan fingerprint density at radius 3 is 2.71 bits per heavy atom. The molecule has 6 heteroatoms. The summed E-state index contributed by atoms with van der Waals surface area (Å²) in [5.41, 5.74) is 1.54. The number of ether oxygens (including phenoxy) is 1. The third-order valence-corrected chi connectivity index (χ3v) is 3.87. The van der Waals surface area contributed by atoms with Crippen molar-refractivity contribution in [1.29, 1.82) is 0 Å². The maximum absolute atomic E-state index is 12.6. The predicted molar refractivity (Wildman–Crippen MR) is 78.4 cm³/mol. The van der Waals surface area contributed by atoms with Gasteiger partial charge in [-0.05, 0) is 12.1 Å². The Labute approximate surface area is 122 Å². The minimum Gasteiger partial charge on any atom is -0.497 e. The molecule has 0 saturated carbocycles. The van der Waals surface area contributed by atoms with Crippen LogP contribution in [0.4, 0.5) is 0 Å². The summed E-state index contributed by atoms with van der Waals surface area (Å²) in [7, 11) is 1.61. The molecular weight excluding hydrogens is 270 g/mol. The summed E-state index contributed by atoms with van der Waals surface area (Å²) < 4.78 is 5.18. The molecule has 0 radical (unpaired) electrons. The first-order valence-electron chi connectivity index (χ1n) is 6.86. The molecule has 110 valence electrons. The SMILES string of the molecule is COc1ccc2c(C(=O)N3CCN(C=O)CC3)c[nH]c2c1. The number of carbonyl (C=O) groups is 2. The molecule has 0 unspecified atom stereocenters. The van der Waals surface area contributed by atoms with E-state index in [1.54, 1.807) is 23.1 Å². The van der Waals surface area contributed by atoms with Crippen LogP contribution in [0.5, 0.6) is 5.75 Å². The smallest absolute Gasteiger partial charge is 0.256 e. The van der Waals surface area contributed by atoms with E-state index in [1.807, 2.05) is 18.2 Å². The van der Waals surface area contributed by atoms with Gasteiger partial charge < -0.3 is 19.5 Å². The molecule has 2 aromatic rings. The highest BCUT2D eigenvalue weighted by atomic mass is 16.5. The fraction of sp³-hybridized carbons (Fsp3) is 0.333. The van der Waals surface area contributed by atoms with Gasteiger partial charge in [0.15, 0.2) is 0 Å². The van der Waals surface area contributed by atoms with Crippen LogP contribution in [-0.2, 0) is 4.79 Å². The number of nitrogens with zero attached hydrogens (tertiary/aromatic N) is 2. The van der Waals surface area contributed by atoms with Gasteiger partial charge in [-0.15, -0.1) is 0 Å². The summed E-state index contributed by atoms with van der Waals surface area (Å²) in [6, 6.07) is 5.60. The second-order valence-corrected chi connectivity index (χ2v) is 5.05. The van der Waals surface area contributed by atoms with E-state index in [2.05, 4.69) is 4.98 Å². The number of carbonyl (C=O) groups excluding carboxylic acids is 2. The predicted octanol–water partition coefficient (Wildman–Crippen LogP) is 1.09. The van der Waals surface area contributed by atoms with E-state index >= 15 is 0 Å². The molecule has 1 aromatic heterocycles. The molecule has 1 aromatic carbocycles. The number of hydrogen-bond acceptors (Lipinski definition) is 3. The Morgan fingerprint density at radius 1 is 1.29 bits per heavy atom. The van der Waals surface area contributed by atoms with Crippen LogP contribution in [0.15, 0.2) is 24.4 Å². The monoisotopic (exact) mass is 287 g/mol. The zero-order valence-corrected chi connectivity index (χ0v) is 11.8. The van der Waals surface area contributed by atoms with Crippen LogP contribution in [-0.4, -0.2) is 60.4 Å². The van der Waals surface area contributed by atoms with Gasteiger partial charge in [0.05, 0.1) is 12.7 Å². The number of piperazine rings is 1. The van der Waals surface area contributed by atoms with Crippen LogP contribution in [0.3, 0.4) is 0 Å². The van der Waals surface area contributed by atoms with E-state index in [0.717, 1.165) is 23.1 Å². The molecule has 0 atom stereocenters. The third kappa shape index (κ3) is 2.44. The number of benzene rings is 1. The highest BCUT2D eigenvalue weighted by molar-refractivity contribution is 6.07. The zero-order valence-electron chi connectivity index (χ0n) is 11.8. The van der Waals surface area contributed by atoms with Gasteiger partial charge in [0.2, 0.25) is 6.41 Å². The topological polar surface area (TPSA) is 65.6 Å². The van der Waals surface area contributed by atoms with Crippen molar-refractivity contribution in [2.24, 2.45) is 0 Å². The average molecular weight is 287 g/mol. The van der Waals surface area contributed by atoms with Crippen molar-refractivity contribution in [3.8, 4) is 5.75 Å². The fourth-order valence-corrected chi connectivity index (χ4v) is 2.61. The lowest BCUT2D eigenvalue weighted by molar-refractivity contribution is -0.119. The van der Waals surface area contributed by atoms with Gasteiger partial charge >= 0.3 is 0 Å². The molecule has 2 amide bonds. The van der Waals surface area contributed by atoms with Gasteiger partial charge in [-0.2, -0.15) is 0 Å². The number of hydrogen-bond donors (Lipinski definition) is 1. The third-order valence-electron chi connectivity index (χ3n) is 3.87. The van der Waals surface area contributed by atoms with Crippen LogP contribution in [0.2, 0.25) is 0 Å². The van der Waals surface area contributed by atoms with Crippen molar-refractivity contribution in [1.82, 2.24) is 14.8 Å². The minimum absolute atomic E-state index is 0.00281. The van der Waals surface area contributed by atoms with Crippen LogP contribution in [0.1, 0.15) is 10.4 Å². The molecule has 1 fully saturated rings. The number of amides is 2. The lowest BCUT2D eigenvalue weighted by Crippen LogP contribution is -2.48. The molecule has 21 heavy (non-hydrogen) atoms. The average Bonchev–Trinajstić information content (AvgIpc) is 2.97. The van der Waals surface area contributed by atoms with Crippen molar-refractivity contribution in [3.63, 3.8) is 0 Å². The standard InChI is InChI=1S/C15H17N3O3/c1-21-11-2-3-12-13(9-16-14(12)8-11)15(20)18-6-4-17(10-19)5-7-18/h2-3,8-10,16H,4-7H2,1H3. The van der Waals surface area contributed by atoms with Gasteiger partial charge in [-0.25, -0.2) is 0 Å². The molecule has 3 rings (SSSR count). The zero-order chi connectivity index (χ0) is 14.8. The Kier molecular flexibility index (Phi) is 3.51. The normalized spacial score (nSPS) is 15.3. The molecule has 0 aliphatic carbocycles. The summed E-state index contributed by atoms with van der Waals surface area (Å²) in [5.74, 6) is 0.750. The first kappa shape index (κ1) is 13.5. The number of nitrogens with one attached hydrogen (secondary N) is 1. The lowest BCUT2D eigenvalue weighted by atomic mass is 10.1. The second kappa shape index (κ2) is 5.47. The second-order valence-electron chi connectivity index (χ2n) is 5.05. The van der Waals surface area contributed by atoms with Gasteiger partial charge in [-0.3, -0.25) is 9.59 Å². The number of aromatic amines is 1. The molecule has 1 aliphatic heterocycles. The Morgan fingerprint density at radius 2 is 2.05 bits per heavy atom. The molecule has 1 saturated heterocycles. The Hall–Kier alpha value is -2.50. The van der Waals surface area contributed by atoms with Crippen molar-refractivity contribution >= 4 is 23.2 Å². The minimum atomic E-state index is -0.00281. The molecule has 1 aliphatic rings. The number of H-pyrrole nitrogens is 1. The molecular formula is C15H17N3O3. The first-order chi connectivity index (χ1) is 10.2. The van der Waals surface area contributed by atoms with Crippen molar-refractivity contribution in [3.05, 3.63) is 30.0 Å². The summed E-state index contributed by atoms with van der Waals surface area (Å²) in [6.07, 6.45) is 2.57. The summed E-state index contributed by atoms with van der Waals surface area (Å²) in [4.78, 5) is 29.9. The van der Waals surface area contributed by atoms with Gasteiger partial charge in [0.1, 0.15) is 5.75 Å². The summed E-state index contributed by atoms with van der Waals surface area (Å²) in [6.45, 7) is 2.32. The van der Waals surface area contributed by atoms with E-state index in [4.69, 9.17) is 4.74 Å².